The van der Waals surface area contributed by atoms with Crippen molar-refractivity contribution in [1.82, 2.24) is 15.2 Å². The Morgan fingerprint density at radius 2 is 1.86 bits per heavy atom. The summed E-state index contributed by atoms with van der Waals surface area (Å²) in [4.78, 5) is 4.02. The van der Waals surface area contributed by atoms with E-state index in [0.29, 0.717) is 19.1 Å². The maximum atomic E-state index is 5.81. The number of hydrogen-bond acceptors (Lipinski definition) is 4. The molecule has 0 amide bonds. The molecule has 2 N–H and O–H groups in total. The van der Waals surface area contributed by atoms with E-state index in [1.165, 1.54) is 6.33 Å². The van der Waals surface area contributed by atoms with Crippen LogP contribution in [0.3, 0.4) is 0 Å². The monoisotopic (exact) mass is 280 g/mol. The van der Waals surface area contributed by atoms with Crippen LogP contribution in [-0.4, -0.2) is 15.2 Å². The second-order valence-corrected chi connectivity index (χ2v) is 4.61. The molecule has 0 fully saturated rings. The fourth-order valence-electron chi connectivity index (χ4n) is 1.96. The summed E-state index contributed by atoms with van der Waals surface area (Å²) < 4.78 is 5.81. The Morgan fingerprint density at radius 3 is 2.67 bits per heavy atom. The maximum absolute atomic E-state index is 5.81. The molecule has 1 heterocycles. The fraction of sp³-hybridized carbons (Fsp3) is 0.125. The van der Waals surface area contributed by atoms with Crippen molar-refractivity contribution < 1.29 is 4.74 Å². The van der Waals surface area contributed by atoms with Gasteiger partial charge in [0.25, 0.3) is 0 Å². The lowest BCUT2D eigenvalue weighted by atomic mass is 10.2. The van der Waals surface area contributed by atoms with E-state index >= 15 is 0 Å². The quantitative estimate of drug-likeness (QED) is 0.728. The van der Waals surface area contributed by atoms with Crippen LogP contribution in [0.5, 0.6) is 5.75 Å². The molecular formula is C16H16N4O. The highest BCUT2D eigenvalue weighted by Crippen LogP contribution is 2.15. The molecule has 0 aliphatic heterocycles. The van der Waals surface area contributed by atoms with Crippen molar-refractivity contribution in [2.24, 2.45) is 0 Å². The van der Waals surface area contributed by atoms with Crippen LogP contribution in [0, 0.1) is 0 Å². The van der Waals surface area contributed by atoms with Crippen LogP contribution in [0.4, 0.5) is 5.95 Å². The third-order valence-electron chi connectivity index (χ3n) is 3.02. The Hall–Kier alpha value is -2.82. The van der Waals surface area contributed by atoms with Crippen LogP contribution in [0.25, 0.3) is 0 Å². The maximum Gasteiger partial charge on any atom is 0.218 e. The summed E-state index contributed by atoms with van der Waals surface area (Å²) in [6, 6.07) is 18.1. The van der Waals surface area contributed by atoms with Crippen molar-refractivity contribution in [1.29, 1.82) is 0 Å². The highest BCUT2D eigenvalue weighted by atomic mass is 16.5. The van der Waals surface area contributed by atoms with Crippen molar-refractivity contribution in [3.05, 3.63) is 72.1 Å². The zero-order chi connectivity index (χ0) is 14.3. The Balaban J connectivity index is 1.58. The molecule has 21 heavy (non-hydrogen) atoms. The van der Waals surface area contributed by atoms with Gasteiger partial charge in [-0.2, -0.15) is 5.10 Å². The topological polar surface area (TPSA) is 62.8 Å². The van der Waals surface area contributed by atoms with E-state index in [0.717, 1.165) is 16.9 Å². The average molecular weight is 280 g/mol. The summed E-state index contributed by atoms with van der Waals surface area (Å²) in [5.74, 6) is 1.52. The summed E-state index contributed by atoms with van der Waals surface area (Å²) in [6.07, 6.45) is 1.47. The minimum atomic E-state index is 0.569. The van der Waals surface area contributed by atoms with Gasteiger partial charge in [0.05, 0.1) is 0 Å². The molecule has 5 nitrogen and oxygen atoms in total. The molecule has 0 aliphatic rings. The van der Waals surface area contributed by atoms with Crippen LogP contribution in [0.15, 0.2) is 60.9 Å². The molecule has 0 atom stereocenters. The van der Waals surface area contributed by atoms with Crippen LogP contribution >= 0.6 is 0 Å². The number of nitrogens with one attached hydrogen (secondary N) is 2. The largest absolute Gasteiger partial charge is 0.489 e. The average Bonchev–Trinajstić information content (AvgIpc) is 3.06. The molecule has 3 rings (SSSR count). The molecular weight excluding hydrogens is 264 g/mol. The first kappa shape index (κ1) is 13.2. The molecule has 0 saturated heterocycles. The van der Waals surface area contributed by atoms with Gasteiger partial charge in [0.15, 0.2) is 0 Å². The van der Waals surface area contributed by atoms with Crippen molar-refractivity contribution in [2.45, 2.75) is 13.2 Å². The summed E-state index contributed by atoms with van der Waals surface area (Å²) in [7, 11) is 0. The third-order valence-corrected chi connectivity index (χ3v) is 3.02. The highest BCUT2D eigenvalue weighted by Gasteiger charge is 1.99. The number of H-pyrrole nitrogens is 1. The van der Waals surface area contributed by atoms with Gasteiger partial charge in [-0.15, -0.1) is 0 Å². The number of anilines is 1. The first-order valence-electron chi connectivity index (χ1n) is 6.75. The number of aromatic amines is 1. The summed E-state index contributed by atoms with van der Waals surface area (Å²) in [6.45, 7) is 1.23. The van der Waals surface area contributed by atoms with E-state index in [-0.39, 0.29) is 0 Å². The van der Waals surface area contributed by atoms with Crippen LogP contribution in [0.1, 0.15) is 11.1 Å². The van der Waals surface area contributed by atoms with Gasteiger partial charge in [0, 0.05) is 6.54 Å². The number of rotatable bonds is 6. The number of ether oxygens (including phenoxy) is 1. The molecule has 0 aliphatic carbocycles. The van der Waals surface area contributed by atoms with E-state index in [1.807, 2.05) is 42.5 Å². The molecule has 5 heteroatoms. The Morgan fingerprint density at radius 1 is 1.00 bits per heavy atom. The number of aromatic nitrogens is 3. The standard InChI is InChI=1S/C16H16N4O/c1-2-5-13(6-3-1)11-21-15-8-4-7-14(9-15)10-17-16-18-12-19-20-16/h1-9,12H,10-11H2,(H2,17,18,19,20). The Bertz CT molecular complexity index is 668. The first-order chi connectivity index (χ1) is 10.4. The van der Waals surface area contributed by atoms with Crippen LogP contribution < -0.4 is 10.1 Å². The van der Waals surface area contributed by atoms with Gasteiger partial charge in [0.1, 0.15) is 18.7 Å². The van der Waals surface area contributed by atoms with E-state index in [2.05, 4.69) is 32.6 Å². The van der Waals surface area contributed by atoms with Gasteiger partial charge in [0.2, 0.25) is 5.95 Å². The van der Waals surface area contributed by atoms with Crippen LogP contribution in [-0.2, 0) is 13.2 Å². The van der Waals surface area contributed by atoms with Gasteiger partial charge >= 0.3 is 0 Å². The molecule has 0 bridgehead atoms. The number of hydrogen-bond donors (Lipinski definition) is 2. The zero-order valence-corrected chi connectivity index (χ0v) is 11.5. The smallest absolute Gasteiger partial charge is 0.218 e. The summed E-state index contributed by atoms with van der Waals surface area (Å²) in [5, 5.41) is 9.71. The van der Waals surface area contributed by atoms with Gasteiger partial charge in [-0.3, -0.25) is 0 Å². The molecule has 3 aromatic rings. The molecule has 0 spiro atoms. The first-order valence-corrected chi connectivity index (χ1v) is 6.75. The lowest BCUT2D eigenvalue weighted by Crippen LogP contribution is -2.01. The third kappa shape index (κ3) is 3.82. The van der Waals surface area contributed by atoms with E-state index in [4.69, 9.17) is 4.74 Å². The molecule has 2 aromatic carbocycles. The van der Waals surface area contributed by atoms with E-state index in [1.54, 1.807) is 0 Å². The fourth-order valence-corrected chi connectivity index (χ4v) is 1.96. The zero-order valence-electron chi connectivity index (χ0n) is 11.5. The normalized spacial score (nSPS) is 10.3. The van der Waals surface area contributed by atoms with Crippen molar-refractivity contribution in [3.8, 4) is 5.75 Å². The summed E-state index contributed by atoms with van der Waals surface area (Å²) in [5.41, 5.74) is 2.28. The van der Waals surface area contributed by atoms with Gasteiger partial charge in [-0.1, -0.05) is 42.5 Å². The van der Waals surface area contributed by atoms with Gasteiger partial charge < -0.3 is 10.1 Å². The van der Waals surface area contributed by atoms with Crippen molar-refractivity contribution in [3.63, 3.8) is 0 Å². The Labute approximate surface area is 123 Å². The number of nitrogens with zero attached hydrogens (tertiary/aromatic N) is 2. The minimum absolute atomic E-state index is 0.569. The highest BCUT2D eigenvalue weighted by molar-refractivity contribution is 5.32. The van der Waals surface area contributed by atoms with Gasteiger partial charge in [-0.05, 0) is 23.3 Å². The molecule has 0 saturated carbocycles. The Kier molecular flexibility index (Phi) is 4.12. The van der Waals surface area contributed by atoms with E-state index < -0.39 is 0 Å². The molecule has 0 radical (unpaired) electrons. The second kappa shape index (κ2) is 6.56. The SMILES string of the molecule is c1ccc(COc2cccc(CNc3ncn[nH]3)c2)cc1. The second-order valence-electron chi connectivity index (χ2n) is 4.61. The van der Waals surface area contributed by atoms with E-state index in [9.17, 15) is 0 Å². The molecule has 1 aromatic heterocycles. The molecule has 0 unspecified atom stereocenters. The number of benzene rings is 2. The lowest BCUT2D eigenvalue weighted by molar-refractivity contribution is 0.306. The van der Waals surface area contributed by atoms with Crippen LogP contribution in [0.2, 0.25) is 0 Å². The van der Waals surface area contributed by atoms with Gasteiger partial charge in [-0.25, -0.2) is 10.1 Å². The predicted molar refractivity (Wildman–Crippen MR) is 80.9 cm³/mol. The van der Waals surface area contributed by atoms with Crippen molar-refractivity contribution >= 4 is 5.95 Å². The molecule has 106 valence electrons. The van der Waals surface area contributed by atoms with Crippen molar-refractivity contribution in [2.75, 3.05) is 5.32 Å². The predicted octanol–water partition coefficient (Wildman–Crippen LogP) is 3.00. The lowest BCUT2D eigenvalue weighted by Gasteiger charge is -2.08. The summed E-state index contributed by atoms with van der Waals surface area (Å²) >= 11 is 0. The minimum Gasteiger partial charge on any atom is -0.489 e.